The molecule has 0 saturated carbocycles. The van der Waals surface area contributed by atoms with Crippen molar-refractivity contribution in [3.8, 4) is 0 Å². The van der Waals surface area contributed by atoms with Gasteiger partial charge in [0.05, 0.1) is 6.61 Å². The monoisotopic (exact) mass is 182 g/mol. The van der Waals surface area contributed by atoms with Crippen molar-refractivity contribution in [1.29, 1.82) is 0 Å². The van der Waals surface area contributed by atoms with Gasteiger partial charge in [-0.25, -0.2) is 4.39 Å². The van der Waals surface area contributed by atoms with E-state index in [1.165, 1.54) is 0 Å². The standard InChI is InChI=1S/C6H11FO5/c7-3-4(9)2(1-8)12-6(11)5(3)10/h2-6,8-11H,1H2. The van der Waals surface area contributed by atoms with Crippen LogP contribution in [-0.4, -0.2) is 57.8 Å². The van der Waals surface area contributed by atoms with Crippen LogP contribution in [0.4, 0.5) is 4.39 Å². The van der Waals surface area contributed by atoms with Crippen LogP contribution >= 0.6 is 0 Å². The van der Waals surface area contributed by atoms with Crippen molar-refractivity contribution in [2.75, 3.05) is 6.61 Å². The Kier molecular flexibility index (Phi) is 2.97. The Morgan fingerprint density at radius 2 is 1.75 bits per heavy atom. The fraction of sp³-hybridized carbons (Fsp3) is 1.00. The lowest BCUT2D eigenvalue weighted by Gasteiger charge is -2.36. The Bertz CT molecular complexity index is 150. The first kappa shape index (κ1) is 9.82. The first-order chi connectivity index (χ1) is 5.57. The molecule has 1 fully saturated rings. The quantitative estimate of drug-likeness (QED) is 0.368. The largest absolute Gasteiger partial charge is 0.394 e. The summed E-state index contributed by atoms with van der Waals surface area (Å²) in [5, 5.41) is 35.2. The average molecular weight is 182 g/mol. The molecule has 0 aliphatic carbocycles. The lowest BCUT2D eigenvalue weighted by Crippen LogP contribution is -2.56. The summed E-state index contributed by atoms with van der Waals surface area (Å²) in [5.74, 6) is 0. The van der Waals surface area contributed by atoms with Gasteiger partial charge in [-0.1, -0.05) is 0 Å². The molecule has 0 amide bonds. The van der Waals surface area contributed by atoms with Crippen LogP contribution in [0, 0.1) is 0 Å². The first-order valence-corrected chi connectivity index (χ1v) is 3.52. The summed E-state index contributed by atoms with van der Waals surface area (Å²) in [4.78, 5) is 0. The van der Waals surface area contributed by atoms with Crippen molar-refractivity contribution in [3.63, 3.8) is 0 Å². The second-order valence-electron chi connectivity index (χ2n) is 2.67. The Morgan fingerprint density at radius 3 is 2.25 bits per heavy atom. The van der Waals surface area contributed by atoms with Gasteiger partial charge < -0.3 is 25.2 Å². The molecule has 72 valence electrons. The number of rotatable bonds is 1. The summed E-state index contributed by atoms with van der Waals surface area (Å²) in [5.41, 5.74) is 0. The maximum absolute atomic E-state index is 12.8. The van der Waals surface area contributed by atoms with Crippen molar-refractivity contribution in [2.24, 2.45) is 0 Å². The number of alkyl halides is 1. The summed E-state index contributed by atoms with van der Waals surface area (Å²) in [6.07, 6.45) is -8.24. The van der Waals surface area contributed by atoms with Crippen LogP contribution in [0.15, 0.2) is 0 Å². The van der Waals surface area contributed by atoms with Crippen LogP contribution in [-0.2, 0) is 4.74 Å². The molecule has 12 heavy (non-hydrogen) atoms. The molecule has 0 bridgehead atoms. The molecular weight excluding hydrogens is 171 g/mol. The Labute approximate surface area is 68.0 Å². The zero-order valence-corrected chi connectivity index (χ0v) is 6.17. The lowest BCUT2D eigenvalue weighted by atomic mass is 10.0. The highest BCUT2D eigenvalue weighted by molar-refractivity contribution is 4.88. The zero-order chi connectivity index (χ0) is 9.30. The fourth-order valence-corrected chi connectivity index (χ4v) is 1.06. The van der Waals surface area contributed by atoms with E-state index in [4.69, 9.17) is 20.4 Å². The summed E-state index contributed by atoms with van der Waals surface area (Å²) in [7, 11) is 0. The predicted octanol–water partition coefficient (Wildman–Crippen LogP) is -2.24. The van der Waals surface area contributed by atoms with E-state index in [0.29, 0.717) is 0 Å². The van der Waals surface area contributed by atoms with Gasteiger partial charge in [0.2, 0.25) is 0 Å². The minimum atomic E-state index is -1.99. The van der Waals surface area contributed by atoms with E-state index in [1.54, 1.807) is 0 Å². The van der Waals surface area contributed by atoms with Crippen LogP contribution < -0.4 is 0 Å². The maximum atomic E-state index is 12.8. The Balaban J connectivity index is 2.63. The number of aliphatic hydroxyl groups is 4. The van der Waals surface area contributed by atoms with E-state index in [-0.39, 0.29) is 0 Å². The van der Waals surface area contributed by atoms with Gasteiger partial charge in [-0.3, -0.25) is 0 Å². The number of hydrogen-bond acceptors (Lipinski definition) is 5. The average Bonchev–Trinajstić information content (AvgIpc) is 2.08. The molecule has 6 heteroatoms. The molecule has 0 radical (unpaired) electrons. The van der Waals surface area contributed by atoms with Crippen molar-refractivity contribution >= 4 is 0 Å². The molecule has 0 aromatic heterocycles. The van der Waals surface area contributed by atoms with Crippen LogP contribution in [0.2, 0.25) is 0 Å². The summed E-state index contributed by atoms with van der Waals surface area (Å²) in [6.45, 7) is -0.606. The van der Waals surface area contributed by atoms with E-state index in [0.717, 1.165) is 0 Å². The van der Waals surface area contributed by atoms with Gasteiger partial charge in [-0.05, 0) is 0 Å². The van der Waals surface area contributed by atoms with E-state index >= 15 is 0 Å². The molecule has 0 spiro atoms. The third kappa shape index (κ3) is 1.57. The van der Waals surface area contributed by atoms with Gasteiger partial charge in [-0.15, -0.1) is 0 Å². The zero-order valence-electron chi connectivity index (χ0n) is 6.17. The van der Waals surface area contributed by atoms with Crippen molar-refractivity contribution in [1.82, 2.24) is 0 Å². The maximum Gasteiger partial charge on any atom is 0.184 e. The molecule has 4 N–H and O–H groups in total. The fourth-order valence-electron chi connectivity index (χ4n) is 1.06. The van der Waals surface area contributed by atoms with Gasteiger partial charge >= 0.3 is 0 Å². The molecule has 0 aromatic carbocycles. The summed E-state index contributed by atoms with van der Waals surface area (Å²) in [6, 6.07) is 0. The second-order valence-corrected chi connectivity index (χ2v) is 2.67. The molecule has 1 aliphatic heterocycles. The molecule has 1 rings (SSSR count). The van der Waals surface area contributed by atoms with Crippen LogP contribution in [0.5, 0.6) is 0 Å². The minimum Gasteiger partial charge on any atom is -0.394 e. The second kappa shape index (κ2) is 3.63. The number of hydrogen-bond donors (Lipinski definition) is 4. The minimum absolute atomic E-state index is 0.606. The molecule has 1 aliphatic rings. The highest BCUT2D eigenvalue weighted by Gasteiger charge is 2.43. The van der Waals surface area contributed by atoms with E-state index in [9.17, 15) is 4.39 Å². The molecular formula is C6H11FO5. The SMILES string of the molecule is OCC1OC(O)C(O)C(F)C1O. The highest BCUT2D eigenvalue weighted by atomic mass is 19.1. The molecule has 5 atom stereocenters. The van der Waals surface area contributed by atoms with Gasteiger partial charge in [0, 0.05) is 0 Å². The highest BCUT2D eigenvalue weighted by Crippen LogP contribution is 2.21. The third-order valence-corrected chi connectivity index (χ3v) is 1.82. The Hall–Kier alpha value is -0.270. The van der Waals surface area contributed by atoms with Gasteiger partial charge in [0.1, 0.15) is 18.3 Å². The van der Waals surface area contributed by atoms with Gasteiger partial charge in [0.25, 0.3) is 0 Å². The van der Waals surface area contributed by atoms with Gasteiger partial charge in [0.15, 0.2) is 12.5 Å². The molecule has 5 nitrogen and oxygen atoms in total. The number of ether oxygens (including phenoxy) is 1. The van der Waals surface area contributed by atoms with E-state index < -0.39 is 37.4 Å². The van der Waals surface area contributed by atoms with Crippen molar-refractivity contribution in [2.45, 2.75) is 30.8 Å². The van der Waals surface area contributed by atoms with Crippen LogP contribution in [0.1, 0.15) is 0 Å². The molecule has 1 heterocycles. The van der Waals surface area contributed by atoms with E-state index in [1.807, 2.05) is 0 Å². The van der Waals surface area contributed by atoms with Gasteiger partial charge in [-0.2, -0.15) is 0 Å². The molecule has 5 unspecified atom stereocenters. The van der Waals surface area contributed by atoms with Crippen molar-refractivity contribution in [3.05, 3.63) is 0 Å². The van der Waals surface area contributed by atoms with Crippen LogP contribution in [0.25, 0.3) is 0 Å². The van der Waals surface area contributed by atoms with Crippen molar-refractivity contribution < 1.29 is 29.6 Å². The molecule has 1 saturated heterocycles. The first-order valence-electron chi connectivity index (χ1n) is 3.52. The predicted molar refractivity (Wildman–Crippen MR) is 34.9 cm³/mol. The van der Waals surface area contributed by atoms with Crippen LogP contribution in [0.3, 0.4) is 0 Å². The summed E-state index contributed by atoms with van der Waals surface area (Å²) >= 11 is 0. The number of aliphatic hydroxyl groups excluding tert-OH is 4. The topological polar surface area (TPSA) is 90.2 Å². The Morgan fingerprint density at radius 1 is 1.17 bits per heavy atom. The van der Waals surface area contributed by atoms with E-state index in [2.05, 4.69) is 4.74 Å². The molecule has 0 aromatic rings. The third-order valence-electron chi connectivity index (χ3n) is 1.82. The smallest absolute Gasteiger partial charge is 0.184 e. The number of halogens is 1. The normalized spacial score (nSPS) is 49.2. The summed E-state index contributed by atoms with van der Waals surface area (Å²) < 4.78 is 17.3. The lowest BCUT2D eigenvalue weighted by molar-refractivity contribution is -0.274.